The molecule has 1 saturated heterocycles. The van der Waals surface area contributed by atoms with E-state index in [1.54, 1.807) is 39.0 Å². The number of aliphatic hydroxyl groups is 3. The van der Waals surface area contributed by atoms with Crippen LogP contribution in [0.15, 0.2) is 36.4 Å². The predicted molar refractivity (Wildman–Crippen MR) is 232 cm³/mol. The molecule has 0 saturated carbocycles. The van der Waals surface area contributed by atoms with E-state index in [1.165, 1.54) is 33.5 Å². The molecule has 63 heavy (non-hydrogen) atoms. The van der Waals surface area contributed by atoms with Crippen molar-refractivity contribution in [3.63, 3.8) is 0 Å². The van der Waals surface area contributed by atoms with Crippen molar-refractivity contribution >= 4 is 47.1 Å². The number of alkyl carbamates (subject to hydrolysis) is 1. The first-order valence-corrected chi connectivity index (χ1v) is 21.6. The molecule has 352 valence electrons. The summed E-state index contributed by atoms with van der Waals surface area (Å²) in [6.45, 7) is 5.19. The SMILES string of the molecule is COC(=O)[C@H](CCCCNC(=O)CCCCCCCCC(=O)Nc1cccc(COc2cc(OC)c(C(=O)N[C@H]3[C@@H](OC)O[C@H](CO)[C@@H](O)[C@@H]3O)cc2Cl)c1)NC(=O)OC(C)(C)C. The van der Waals surface area contributed by atoms with Crippen LogP contribution in [0.2, 0.25) is 5.02 Å². The van der Waals surface area contributed by atoms with Crippen LogP contribution in [0, 0.1) is 0 Å². The van der Waals surface area contributed by atoms with Gasteiger partial charge in [0.25, 0.3) is 5.91 Å². The lowest BCUT2D eigenvalue weighted by molar-refractivity contribution is -0.261. The van der Waals surface area contributed by atoms with Crippen LogP contribution in [0.25, 0.3) is 0 Å². The molecule has 7 N–H and O–H groups in total. The van der Waals surface area contributed by atoms with Gasteiger partial charge in [-0.15, -0.1) is 0 Å². The number of benzene rings is 2. The van der Waals surface area contributed by atoms with Crippen LogP contribution >= 0.6 is 11.6 Å². The van der Waals surface area contributed by atoms with E-state index in [0.717, 1.165) is 44.1 Å². The summed E-state index contributed by atoms with van der Waals surface area (Å²) in [6.07, 6.45) is 1.61. The van der Waals surface area contributed by atoms with Gasteiger partial charge in [-0.2, -0.15) is 0 Å². The molecule has 1 aliphatic heterocycles. The van der Waals surface area contributed by atoms with Gasteiger partial charge in [-0.05, 0) is 76.6 Å². The summed E-state index contributed by atoms with van der Waals surface area (Å²) in [6, 6.07) is 7.97. The highest BCUT2D eigenvalue weighted by molar-refractivity contribution is 6.32. The molecule has 6 atom stereocenters. The fourth-order valence-corrected chi connectivity index (χ4v) is 6.91. The van der Waals surface area contributed by atoms with Crippen molar-refractivity contribution in [2.24, 2.45) is 0 Å². The number of aliphatic hydroxyl groups excluding tert-OH is 3. The number of esters is 1. The molecule has 4 amide bonds. The number of rotatable bonds is 25. The standard InChI is InChI=1S/C44H65ClN4O14/c1-44(2,3)63-43(57)48-31(41(56)59-5)18-13-14-21-46-35(51)19-11-9-7-8-10-12-20-36(52)47-28-17-15-16-27(22-28)26-61-33-24-32(58-4)29(23-30(33)45)40(55)49-37-39(54)38(53)34(25-50)62-42(37)60-6/h15-17,22-24,31,34,37-39,42,50,53-54H,7-14,18-21,25-26H2,1-6H3,(H,46,51)(H,47,52)(H,48,57)(H,49,55)/t31-,34+,37+,38+,39+,42-/m0/s1. The third kappa shape index (κ3) is 18.1. The number of carbonyl (C=O) groups excluding carboxylic acids is 5. The zero-order chi connectivity index (χ0) is 46.5. The van der Waals surface area contributed by atoms with Crippen molar-refractivity contribution < 1.29 is 67.7 Å². The molecule has 2 aromatic carbocycles. The Morgan fingerprint density at radius 1 is 0.857 bits per heavy atom. The van der Waals surface area contributed by atoms with E-state index >= 15 is 0 Å². The van der Waals surface area contributed by atoms with E-state index in [-0.39, 0.29) is 40.5 Å². The summed E-state index contributed by atoms with van der Waals surface area (Å²) < 4.78 is 32.1. The van der Waals surface area contributed by atoms with E-state index in [0.29, 0.717) is 44.3 Å². The third-order valence-electron chi connectivity index (χ3n) is 9.99. The molecule has 1 aliphatic rings. The second kappa shape index (κ2) is 26.8. The molecule has 0 unspecified atom stereocenters. The Kier molecular flexibility index (Phi) is 22.4. The Bertz CT molecular complexity index is 1790. The quantitative estimate of drug-likeness (QED) is 0.0535. The number of ether oxygens (including phenoxy) is 6. The molecular formula is C44H65ClN4O14. The van der Waals surface area contributed by atoms with Gasteiger partial charge >= 0.3 is 12.1 Å². The van der Waals surface area contributed by atoms with Crippen LogP contribution in [0.1, 0.15) is 107 Å². The lowest BCUT2D eigenvalue weighted by Crippen LogP contribution is -2.64. The maximum atomic E-state index is 13.3. The number of anilines is 1. The van der Waals surface area contributed by atoms with Gasteiger partial charge in [-0.3, -0.25) is 14.4 Å². The van der Waals surface area contributed by atoms with Gasteiger partial charge in [0.15, 0.2) is 6.29 Å². The molecule has 0 bridgehead atoms. The van der Waals surface area contributed by atoms with Crippen LogP contribution < -0.4 is 30.7 Å². The molecule has 1 heterocycles. The van der Waals surface area contributed by atoms with Crippen molar-refractivity contribution in [1.29, 1.82) is 0 Å². The first-order chi connectivity index (χ1) is 30.0. The van der Waals surface area contributed by atoms with Gasteiger partial charge in [0.2, 0.25) is 11.8 Å². The number of hydrogen-bond donors (Lipinski definition) is 7. The van der Waals surface area contributed by atoms with Gasteiger partial charge in [-0.25, -0.2) is 9.59 Å². The summed E-state index contributed by atoms with van der Waals surface area (Å²) in [5, 5.41) is 41.4. The molecule has 0 radical (unpaired) electrons. The van der Waals surface area contributed by atoms with Crippen molar-refractivity contribution in [3.05, 3.63) is 52.5 Å². The minimum Gasteiger partial charge on any atom is -0.496 e. The van der Waals surface area contributed by atoms with Crippen LogP contribution in [0.4, 0.5) is 10.5 Å². The Balaban J connectivity index is 1.32. The second-order valence-electron chi connectivity index (χ2n) is 16.2. The summed E-state index contributed by atoms with van der Waals surface area (Å²) in [7, 11) is 3.92. The number of carbonyl (C=O) groups is 5. The molecule has 18 nitrogen and oxygen atoms in total. The lowest BCUT2D eigenvalue weighted by atomic mass is 9.96. The van der Waals surface area contributed by atoms with Crippen molar-refractivity contribution in [2.75, 3.05) is 39.8 Å². The number of nitrogens with one attached hydrogen (secondary N) is 4. The molecule has 0 aliphatic carbocycles. The minimum absolute atomic E-state index is 0.0209. The summed E-state index contributed by atoms with van der Waals surface area (Å²) in [5.41, 5.74) is 0.677. The first-order valence-electron chi connectivity index (χ1n) is 21.2. The Labute approximate surface area is 374 Å². The van der Waals surface area contributed by atoms with Crippen LogP contribution in [-0.4, -0.2) is 122 Å². The normalized spacial score (nSPS) is 19.0. The van der Waals surface area contributed by atoms with E-state index in [4.69, 9.17) is 40.0 Å². The largest absolute Gasteiger partial charge is 0.496 e. The van der Waals surface area contributed by atoms with E-state index in [2.05, 4.69) is 21.3 Å². The van der Waals surface area contributed by atoms with Crippen molar-refractivity contribution in [3.8, 4) is 11.5 Å². The lowest BCUT2D eigenvalue weighted by Gasteiger charge is -2.41. The number of halogens is 1. The second-order valence-corrected chi connectivity index (χ2v) is 16.6. The average Bonchev–Trinajstić information content (AvgIpc) is 3.24. The zero-order valence-electron chi connectivity index (χ0n) is 37.0. The molecular weight excluding hydrogens is 844 g/mol. The van der Waals surface area contributed by atoms with Gasteiger partial charge in [0.05, 0.1) is 31.4 Å². The molecule has 3 rings (SSSR count). The fraction of sp³-hybridized carbons (Fsp3) is 0.614. The molecule has 0 aromatic heterocycles. The van der Waals surface area contributed by atoms with Crippen LogP contribution in [0.5, 0.6) is 11.5 Å². The number of amides is 4. The summed E-state index contributed by atoms with van der Waals surface area (Å²) in [4.78, 5) is 62.4. The van der Waals surface area contributed by atoms with E-state index < -0.39 is 66.9 Å². The van der Waals surface area contributed by atoms with Gasteiger partial charge in [-0.1, -0.05) is 49.4 Å². The number of methoxy groups -OCH3 is 3. The topological polar surface area (TPSA) is 250 Å². The maximum absolute atomic E-state index is 13.3. The summed E-state index contributed by atoms with van der Waals surface area (Å²) >= 11 is 6.51. The highest BCUT2D eigenvalue weighted by atomic mass is 35.5. The van der Waals surface area contributed by atoms with E-state index in [9.17, 15) is 39.3 Å². The van der Waals surface area contributed by atoms with Crippen LogP contribution in [0.3, 0.4) is 0 Å². The highest BCUT2D eigenvalue weighted by Crippen LogP contribution is 2.34. The maximum Gasteiger partial charge on any atom is 0.408 e. The van der Waals surface area contributed by atoms with Crippen molar-refractivity contribution in [2.45, 2.75) is 140 Å². The Morgan fingerprint density at radius 3 is 2.17 bits per heavy atom. The average molecular weight is 909 g/mol. The molecule has 0 spiro atoms. The van der Waals surface area contributed by atoms with Crippen molar-refractivity contribution in [1.82, 2.24) is 16.0 Å². The number of unbranched alkanes of at least 4 members (excludes halogenated alkanes) is 6. The Hall–Kier alpha value is -4.72. The highest BCUT2D eigenvalue weighted by Gasteiger charge is 2.45. The smallest absolute Gasteiger partial charge is 0.408 e. The van der Waals surface area contributed by atoms with E-state index in [1.807, 2.05) is 6.07 Å². The minimum atomic E-state index is -1.50. The van der Waals surface area contributed by atoms with Gasteiger partial charge in [0, 0.05) is 38.2 Å². The fourth-order valence-electron chi connectivity index (χ4n) is 6.69. The summed E-state index contributed by atoms with van der Waals surface area (Å²) in [5.74, 6) is -1.04. The Morgan fingerprint density at radius 2 is 1.54 bits per heavy atom. The molecule has 2 aromatic rings. The van der Waals surface area contributed by atoms with Gasteiger partial charge < -0.3 is 65.0 Å². The van der Waals surface area contributed by atoms with Gasteiger partial charge in [0.1, 0.15) is 54.1 Å². The predicted octanol–water partition coefficient (Wildman–Crippen LogP) is 4.52. The monoisotopic (exact) mass is 908 g/mol. The van der Waals surface area contributed by atoms with Crippen LogP contribution in [-0.2, 0) is 39.9 Å². The zero-order valence-corrected chi connectivity index (χ0v) is 37.8. The number of hydrogen-bond acceptors (Lipinski definition) is 14. The first kappa shape index (κ1) is 52.6. The third-order valence-corrected chi connectivity index (χ3v) is 10.3. The molecule has 1 fully saturated rings. The molecule has 19 heteroatoms.